The topological polar surface area (TPSA) is 151 Å². The largest absolute Gasteiger partial charge is 0.481 e. The van der Waals surface area contributed by atoms with Gasteiger partial charge in [-0.1, -0.05) is 86.0 Å². The van der Waals surface area contributed by atoms with Gasteiger partial charge in [0, 0.05) is 16.4 Å². The molecule has 1 aliphatic heterocycles. The fourth-order valence-corrected chi connectivity index (χ4v) is 12.0. The molecule has 1 unspecified atom stereocenters. The standard InChI is InChI=1S/C38H64N6O4/c1-22(2)23(3)33(7)16-17-35(9)24-12-13-27-34(8)19-47-21-38(27,25(24)14-15-36(35,10)28(33)30(45)46)18-26(44-42-31(39)41-43-44)29(34)48-20-37(11,40)32(4,5)6/h14,22-24,26-29H,12-13,15-21,40H2,1-11H3,(H2,39,42)(H,45,46)/t23-,24+,26-,27+,28-,29+,33-,34?,35-,36+,37+,38+/m1/s1. The molecular formula is C38H64N6O4. The van der Waals surface area contributed by atoms with E-state index in [-0.39, 0.29) is 56.5 Å². The SMILES string of the molecule is CC(C)[C@@H](C)[C@@]1(C)CC[C@]2(C)[C@H]3CC[C@H]4C5(C)COC[C@@]4(C[C@@H](n4nnc(N)n4)[C@@H]5OC[C@](C)(N)C(C)(C)C)C3=CC[C@@]2(C)[C@@H]1C(=O)O. The summed E-state index contributed by atoms with van der Waals surface area (Å²) in [6, 6.07) is -0.204. The Hall–Kier alpha value is -2.04. The van der Waals surface area contributed by atoms with Crippen LogP contribution in [0.4, 0.5) is 5.95 Å². The summed E-state index contributed by atoms with van der Waals surface area (Å²) in [5.41, 5.74) is 12.3. The predicted molar refractivity (Wildman–Crippen MR) is 187 cm³/mol. The zero-order valence-corrected chi connectivity index (χ0v) is 31.6. The van der Waals surface area contributed by atoms with Gasteiger partial charge in [0.05, 0.1) is 31.8 Å². The van der Waals surface area contributed by atoms with E-state index in [0.717, 1.165) is 38.5 Å². The lowest BCUT2D eigenvalue weighted by Crippen LogP contribution is -2.69. The lowest BCUT2D eigenvalue weighted by molar-refractivity contribution is -0.254. The Balaban J connectivity index is 1.44. The molecule has 270 valence electrons. The number of hydrogen-bond acceptors (Lipinski definition) is 8. The highest BCUT2D eigenvalue weighted by Crippen LogP contribution is 2.75. The fraction of sp³-hybridized carbons (Fsp3) is 0.895. The van der Waals surface area contributed by atoms with Gasteiger partial charge in [0.1, 0.15) is 6.04 Å². The Bertz CT molecular complexity index is 1450. The monoisotopic (exact) mass is 668 g/mol. The number of aromatic nitrogens is 4. The van der Waals surface area contributed by atoms with Gasteiger partial charge in [0.2, 0.25) is 0 Å². The molecule has 3 saturated carbocycles. The summed E-state index contributed by atoms with van der Waals surface area (Å²) in [6.45, 7) is 26.3. The Morgan fingerprint density at radius 1 is 1.10 bits per heavy atom. The highest BCUT2D eigenvalue weighted by Gasteiger charge is 2.72. The molecule has 12 atom stereocenters. The first kappa shape index (κ1) is 35.8. The number of tetrazole rings is 1. The van der Waals surface area contributed by atoms with E-state index >= 15 is 0 Å². The van der Waals surface area contributed by atoms with E-state index in [1.165, 1.54) is 5.57 Å². The van der Waals surface area contributed by atoms with Crippen molar-refractivity contribution in [3.63, 3.8) is 0 Å². The maximum absolute atomic E-state index is 13.4. The molecule has 4 fully saturated rings. The van der Waals surface area contributed by atoms with Crippen LogP contribution in [0.25, 0.3) is 0 Å². The number of carboxylic acid groups (broad SMARTS) is 1. The van der Waals surface area contributed by atoms with Crippen molar-refractivity contribution in [2.24, 2.45) is 67.8 Å². The van der Waals surface area contributed by atoms with E-state index in [1.54, 1.807) is 4.80 Å². The number of hydrogen-bond donors (Lipinski definition) is 3. The summed E-state index contributed by atoms with van der Waals surface area (Å²) < 4.78 is 13.7. The number of carbonyl (C=O) groups is 1. The number of carboxylic acids is 1. The molecule has 0 radical (unpaired) electrons. The Labute approximate surface area is 288 Å². The van der Waals surface area contributed by atoms with Crippen LogP contribution >= 0.6 is 0 Å². The summed E-state index contributed by atoms with van der Waals surface area (Å²) in [7, 11) is 0. The third kappa shape index (κ3) is 4.80. The summed E-state index contributed by atoms with van der Waals surface area (Å²) in [5.74, 6) is 0.430. The van der Waals surface area contributed by atoms with Crippen molar-refractivity contribution in [2.75, 3.05) is 25.6 Å². The minimum Gasteiger partial charge on any atom is -0.481 e. The van der Waals surface area contributed by atoms with E-state index in [9.17, 15) is 9.90 Å². The van der Waals surface area contributed by atoms with Gasteiger partial charge in [-0.3, -0.25) is 4.79 Å². The number of nitrogen functional groups attached to an aromatic ring is 1. The number of ether oxygens (including phenoxy) is 2. The minimum atomic E-state index is -0.634. The number of fused-ring (bicyclic) bond motifs is 3. The molecule has 1 aromatic rings. The smallest absolute Gasteiger partial charge is 0.307 e. The van der Waals surface area contributed by atoms with Crippen LogP contribution in [0.3, 0.4) is 0 Å². The molecule has 1 saturated heterocycles. The van der Waals surface area contributed by atoms with Crippen molar-refractivity contribution in [1.82, 2.24) is 20.2 Å². The summed E-state index contributed by atoms with van der Waals surface area (Å²) in [5, 5.41) is 24.2. The van der Waals surface area contributed by atoms with E-state index < -0.39 is 17.4 Å². The molecule has 10 nitrogen and oxygen atoms in total. The van der Waals surface area contributed by atoms with Gasteiger partial charge in [-0.05, 0) is 96.0 Å². The average Bonchev–Trinajstić information content (AvgIpc) is 3.41. The van der Waals surface area contributed by atoms with Crippen LogP contribution in [0.1, 0.15) is 121 Å². The fourth-order valence-electron chi connectivity index (χ4n) is 12.0. The molecule has 10 heteroatoms. The minimum absolute atomic E-state index is 0.153. The molecule has 1 aromatic heterocycles. The molecular weight excluding hydrogens is 604 g/mol. The quantitative estimate of drug-likeness (QED) is 0.275. The normalized spacial score (nSPS) is 44.5. The number of rotatable bonds is 7. The number of anilines is 1. The molecule has 2 heterocycles. The first-order chi connectivity index (χ1) is 22.1. The van der Waals surface area contributed by atoms with Crippen LogP contribution in [0.2, 0.25) is 0 Å². The number of allylic oxidation sites excluding steroid dienone is 1. The van der Waals surface area contributed by atoms with E-state index in [1.807, 2.05) is 0 Å². The van der Waals surface area contributed by atoms with Gasteiger partial charge in [0.15, 0.2) is 0 Å². The zero-order chi connectivity index (χ0) is 35.5. The number of nitrogens with zero attached hydrogens (tertiary/aromatic N) is 4. The van der Waals surface area contributed by atoms with E-state index in [4.69, 9.17) is 20.9 Å². The van der Waals surface area contributed by atoms with Crippen molar-refractivity contribution >= 4 is 11.9 Å². The molecule has 5 aliphatic rings. The van der Waals surface area contributed by atoms with Crippen molar-refractivity contribution in [1.29, 1.82) is 0 Å². The van der Waals surface area contributed by atoms with Gasteiger partial charge in [-0.15, -0.1) is 5.10 Å². The second-order valence-electron chi connectivity index (χ2n) is 19.5. The molecule has 5 N–H and O–H groups in total. The molecule has 4 aliphatic carbocycles. The van der Waals surface area contributed by atoms with E-state index in [2.05, 4.69) is 97.6 Å². The highest BCUT2D eigenvalue weighted by atomic mass is 16.5. The number of aliphatic carboxylic acids is 1. The van der Waals surface area contributed by atoms with Gasteiger partial charge >= 0.3 is 5.97 Å². The van der Waals surface area contributed by atoms with Crippen LogP contribution < -0.4 is 11.5 Å². The summed E-state index contributed by atoms with van der Waals surface area (Å²) in [6.07, 6.45) is 7.79. The molecule has 0 amide bonds. The Kier molecular flexibility index (Phi) is 8.37. The third-order valence-corrected chi connectivity index (χ3v) is 16.1. The van der Waals surface area contributed by atoms with Gasteiger partial charge in [0.25, 0.3) is 5.95 Å². The van der Waals surface area contributed by atoms with Gasteiger partial charge < -0.3 is 26.0 Å². The van der Waals surface area contributed by atoms with Crippen molar-refractivity contribution in [3.8, 4) is 0 Å². The maximum atomic E-state index is 13.4. The molecule has 6 rings (SSSR count). The van der Waals surface area contributed by atoms with Crippen molar-refractivity contribution < 1.29 is 19.4 Å². The molecule has 0 spiro atoms. The first-order valence-corrected chi connectivity index (χ1v) is 18.6. The van der Waals surface area contributed by atoms with Gasteiger partial charge in [-0.2, -0.15) is 4.80 Å². The van der Waals surface area contributed by atoms with Crippen molar-refractivity contribution in [2.45, 2.75) is 132 Å². The molecule has 48 heavy (non-hydrogen) atoms. The first-order valence-electron chi connectivity index (χ1n) is 18.6. The predicted octanol–water partition coefficient (Wildman–Crippen LogP) is 6.53. The molecule has 2 bridgehead atoms. The zero-order valence-electron chi connectivity index (χ0n) is 31.6. The third-order valence-electron chi connectivity index (χ3n) is 16.1. The average molecular weight is 669 g/mol. The Morgan fingerprint density at radius 3 is 2.38 bits per heavy atom. The summed E-state index contributed by atoms with van der Waals surface area (Å²) >= 11 is 0. The number of nitrogens with two attached hydrogens (primary N) is 2. The second kappa shape index (κ2) is 11.2. The molecule has 0 aromatic carbocycles. The van der Waals surface area contributed by atoms with Crippen LogP contribution in [0.5, 0.6) is 0 Å². The van der Waals surface area contributed by atoms with Crippen LogP contribution in [0.15, 0.2) is 11.6 Å². The Morgan fingerprint density at radius 2 is 1.79 bits per heavy atom. The lowest BCUT2D eigenvalue weighted by atomic mass is 9.34. The van der Waals surface area contributed by atoms with Crippen LogP contribution in [-0.4, -0.2) is 62.7 Å². The van der Waals surface area contributed by atoms with Crippen LogP contribution in [0, 0.1) is 62.1 Å². The van der Waals surface area contributed by atoms with E-state index in [0.29, 0.717) is 37.6 Å². The second-order valence-corrected chi connectivity index (χ2v) is 19.5. The van der Waals surface area contributed by atoms with Gasteiger partial charge in [-0.25, -0.2) is 0 Å². The van der Waals surface area contributed by atoms with Crippen molar-refractivity contribution in [3.05, 3.63) is 11.6 Å². The highest BCUT2D eigenvalue weighted by molar-refractivity contribution is 5.73. The summed E-state index contributed by atoms with van der Waals surface area (Å²) in [4.78, 5) is 15.1. The lowest BCUT2D eigenvalue weighted by Gasteiger charge is -2.71. The maximum Gasteiger partial charge on any atom is 0.307 e. The van der Waals surface area contributed by atoms with Crippen LogP contribution in [-0.2, 0) is 14.3 Å².